The van der Waals surface area contributed by atoms with Gasteiger partial charge in [0.25, 0.3) is 17.4 Å². The Balaban J connectivity index is 1.76. The number of hydrogen-bond acceptors (Lipinski definition) is 3. The fourth-order valence-electron chi connectivity index (χ4n) is 2.49. The number of amides is 2. The minimum atomic E-state index is -1.68. The Bertz CT molecular complexity index is 822. The highest BCUT2D eigenvalue weighted by Crippen LogP contribution is 2.34. The molecule has 3 rings (SSSR count). The number of carbonyl (C=O) groups is 2. The Morgan fingerprint density at radius 2 is 2.08 bits per heavy atom. The van der Waals surface area contributed by atoms with E-state index in [1.165, 1.54) is 19.1 Å². The van der Waals surface area contributed by atoms with Crippen LogP contribution >= 0.6 is 0 Å². The average Bonchev–Trinajstić information content (AvgIpc) is 2.54. The first-order valence-electron chi connectivity index (χ1n) is 7.52. The van der Waals surface area contributed by atoms with E-state index in [9.17, 15) is 14.0 Å². The Kier molecular flexibility index (Phi) is 3.97. The molecule has 1 atom stereocenters. The number of rotatable bonds is 3. The van der Waals surface area contributed by atoms with Crippen LogP contribution in [0.1, 0.15) is 18.1 Å². The molecule has 2 amide bonds. The summed E-state index contributed by atoms with van der Waals surface area (Å²) in [6, 6.07) is 11.2. The van der Waals surface area contributed by atoms with E-state index in [0.717, 1.165) is 5.56 Å². The summed E-state index contributed by atoms with van der Waals surface area (Å²) in [6.07, 6.45) is 0. The van der Waals surface area contributed by atoms with Gasteiger partial charge in [0.15, 0.2) is 0 Å². The van der Waals surface area contributed by atoms with E-state index >= 15 is 0 Å². The molecule has 0 saturated carbocycles. The number of anilines is 1. The molecule has 1 heterocycles. The van der Waals surface area contributed by atoms with Crippen molar-refractivity contribution in [1.82, 2.24) is 5.32 Å². The van der Waals surface area contributed by atoms with Crippen LogP contribution in [0, 0.1) is 12.7 Å². The number of ether oxygens (including phenoxy) is 1. The lowest BCUT2D eigenvalue weighted by Gasteiger charge is -2.33. The fraction of sp³-hybridized carbons (Fsp3) is 0.222. The molecule has 2 N–H and O–H groups in total. The van der Waals surface area contributed by atoms with E-state index in [2.05, 4.69) is 10.6 Å². The van der Waals surface area contributed by atoms with Crippen molar-refractivity contribution in [2.45, 2.75) is 26.0 Å². The first-order valence-corrected chi connectivity index (χ1v) is 7.52. The second kappa shape index (κ2) is 5.96. The third-order valence-corrected chi connectivity index (χ3v) is 3.91. The highest BCUT2D eigenvalue weighted by Gasteiger charge is 2.47. The number of fused-ring (bicyclic) bond motifs is 1. The van der Waals surface area contributed by atoms with Gasteiger partial charge >= 0.3 is 0 Å². The molecule has 0 saturated heterocycles. The Hall–Kier alpha value is -2.89. The molecular formula is C18H17FN2O3. The lowest BCUT2D eigenvalue weighted by atomic mass is 10.0. The van der Waals surface area contributed by atoms with Gasteiger partial charge in [0.2, 0.25) is 0 Å². The molecule has 6 heteroatoms. The summed E-state index contributed by atoms with van der Waals surface area (Å²) in [5, 5.41) is 5.31. The van der Waals surface area contributed by atoms with Crippen LogP contribution in [0.2, 0.25) is 0 Å². The summed E-state index contributed by atoms with van der Waals surface area (Å²) in [4.78, 5) is 24.8. The molecule has 1 aliphatic heterocycles. The molecule has 0 spiro atoms. The SMILES string of the molecule is Cc1ccc2c(c1)NC(=O)[C@](C)(C(=O)NCc1cccc(F)c1)O2. The highest BCUT2D eigenvalue weighted by molar-refractivity contribution is 6.15. The monoisotopic (exact) mass is 328 g/mol. The molecule has 0 unspecified atom stereocenters. The molecule has 0 fully saturated rings. The zero-order valence-electron chi connectivity index (χ0n) is 13.4. The summed E-state index contributed by atoms with van der Waals surface area (Å²) in [5.74, 6) is -1.08. The third kappa shape index (κ3) is 2.95. The molecule has 0 aromatic heterocycles. The van der Waals surface area contributed by atoms with Gasteiger partial charge in [-0.3, -0.25) is 9.59 Å². The van der Waals surface area contributed by atoms with Crippen molar-refractivity contribution in [3.8, 4) is 5.75 Å². The van der Waals surface area contributed by atoms with Crippen molar-refractivity contribution in [1.29, 1.82) is 0 Å². The van der Waals surface area contributed by atoms with Crippen molar-refractivity contribution in [3.63, 3.8) is 0 Å². The van der Waals surface area contributed by atoms with Gasteiger partial charge in [-0.15, -0.1) is 0 Å². The van der Waals surface area contributed by atoms with Crippen LogP contribution in [0.15, 0.2) is 42.5 Å². The molecule has 0 bridgehead atoms. The van der Waals surface area contributed by atoms with Crippen LogP contribution in [0.25, 0.3) is 0 Å². The highest BCUT2D eigenvalue weighted by atomic mass is 19.1. The standard InChI is InChI=1S/C18H17FN2O3/c1-11-6-7-15-14(8-11)21-17(23)18(2,24-15)16(22)20-10-12-4-3-5-13(19)9-12/h3-9H,10H2,1-2H3,(H,20,22)(H,21,23)/t18-/m0/s1. The Morgan fingerprint density at radius 3 is 2.83 bits per heavy atom. The van der Waals surface area contributed by atoms with Crippen molar-refractivity contribution in [2.24, 2.45) is 0 Å². The zero-order valence-corrected chi connectivity index (χ0v) is 13.4. The summed E-state index contributed by atoms with van der Waals surface area (Å²) < 4.78 is 18.8. The van der Waals surface area contributed by atoms with E-state index in [-0.39, 0.29) is 12.4 Å². The number of aryl methyl sites for hydroxylation is 1. The maximum absolute atomic E-state index is 13.2. The zero-order chi connectivity index (χ0) is 17.3. The van der Waals surface area contributed by atoms with Crippen molar-refractivity contribution >= 4 is 17.5 Å². The van der Waals surface area contributed by atoms with Gasteiger partial charge in [0, 0.05) is 6.54 Å². The van der Waals surface area contributed by atoms with Crippen LogP contribution < -0.4 is 15.4 Å². The minimum absolute atomic E-state index is 0.101. The van der Waals surface area contributed by atoms with E-state index in [1.807, 2.05) is 13.0 Å². The van der Waals surface area contributed by atoms with Crippen LogP contribution in [-0.4, -0.2) is 17.4 Å². The van der Waals surface area contributed by atoms with Gasteiger partial charge in [0.05, 0.1) is 5.69 Å². The van der Waals surface area contributed by atoms with Gasteiger partial charge in [0.1, 0.15) is 11.6 Å². The second-order valence-electron chi connectivity index (χ2n) is 5.90. The summed E-state index contributed by atoms with van der Waals surface area (Å²) in [7, 11) is 0. The van der Waals surface area contributed by atoms with Gasteiger partial charge in [-0.1, -0.05) is 18.2 Å². The predicted octanol–water partition coefficient (Wildman–Crippen LogP) is 2.54. The Labute approximate surface area is 138 Å². The largest absolute Gasteiger partial charge is 0.466 e. The number of hydrogen-bond donors (Lipinski definition) is 2. The van der Waals surface area contributed by atoms with E-state index < -0.39 is 17.4 Å². The first kappa shape index (κ1) is 16.0. The van der Waals surface area contributed by atoms with Gasteiger partial charge in [-0.25, -0.2) is 4.39 Å². The lowest BCUT2D eigenvalue weighted by Crippen LogP contribution is -2.58. The van der Waals surface area contributed by atoms with Crippen LogP contribution in [0.5, 0.6) is 5.75 Å². The normalized spacial score (nSPS) is 19.0. The van der Waals surface area contributed by atoms with E-state index in [1.54, 1.807) is 24.3 Å². The topological polar surface area (TPSA) is 67.4 Å². The fourth-order valence-corrected chi connectivity index (χ4v) is 2.49. The first-order chi connectivity index (χ1) is 11.4. The summed E-state index contributed by atoms with van der Waals surface area (Å²) in [6.45, 7) is 3.40. The molecule has 2 aromatic carbocycles. The second-order valence-corrected chi connectivity index (χ2v) is 5.90. The molecule has 0 radical (unpaired) electrons. The van der Waals surface area contributed by atoms with Crippen LogP contribution in [0.3, 0.4) is 0 Å². The van der Waals surface area contributed by atoms with Crippen molar-refractivity contribution in [2.75, 3.05) is 5.32 Å². The molecule has 0 aliphatic carbocycles. The molecule has 5 nitrogen and oxygen atoms in total. The predicted molar refractivity (Wildman–Crippen MR) is 87.1 cm³/mol. The molecule has 2 aromatic rings. The summed E-state index contributed by atoms with van der Waals surface area (Å²) in [5.41, 5.74) is 0.418. The van der Waals surface area contributed by atoms with E-state index in [0.29, 0.717) is 17.0 Å². The van der Waals surface area contributed by atoms with E-state index in [4.69, 9.17) is 4.74 Å². The van der Waals surface area contributed by atoms with Gasteiger partial charge in [-0.2, -0.15) is 0 Å². The number of halogens is 1. The maximum Gasteiger partial charge on any atom is 0.278 e. The van der Waals surface area contributed by atoms with Crippen LogP contribution in [-0.2, 0) is 16.1 Å². The average molecular weight is 328 g/mol. The molecule has 124 valence electrons. The minimum Gasteiger partial charge on any atom is -0.466 e. The number of nitrogens with one attached hydrogen (secondary N) is 2. The number of carbonyl (C=O) groups excluding carboxylic acids is 2. The molecule has 1 aliphatic rings. The quantitative estimate of drug-likeness (QED) is 0.851. The Morgan fingerprint density at radius 1 is 1.29 bits per heavy atom. The van der Waals surface area contributed by atoms with Crippen molar-refractivity contribution in [3.05, 3.63) is 59.4 Å². The number of benzene rings is 2. The summed E-state index contributed by atoms with van der Waals surface area (Å²) >= 11 is 0. The van der Waals surface area contributed by atoms with Gasteiger partial charge < -0.3 is 15.4 Å². The smallest absolute Gasteiger partial charge is 0.278 e. The van der Waals surface area contributed by atoms with Crippen LogP contribution in [0.4, 0.5) is 10.1 Å². The van der Waals surface area contributed by atoms with Gasteiger partial charge in [-0.05, 0) is 49.2 Å². The lowest BCUT2D eigenvalue weighted by molar-refractivity contribution is -0.146. The third-order valence-electron chi connectivity index (χ3n) is 3.91. The molecular weight excluding hydrogens is 311 g/mol. The molecule has 24 heavy (non-hydrogen) atoms. The van der Waals surface area contributed by atoms with Crippen molar-refractivity contribution < 1.29 is 18.7 Å². The maximum atomic E-state index is 13.2.